The number of allylic oxidation sites excluding steroid dienone is 1. The van der Waals surface area contributed by atoms with Gasteiger partial charge in [0.05, 0.1) is 0 Å². The fraction of sp³-hybridized carbons (Fsp3) is 0.364. The van der Waals surface area contributed by atoms with Crippen molar-refractivity contribution in [2.45, 2.75) is 12.5 Å². The van der Waals surface area contributed by atoms with E-state index < -0.39 is 6.10 Å². The van der Waals surface area contributed by atoms with Gasteiger partial charge in [-0.3, -0.25) is 4.90 Å². The van der Waals surface area contributed by atoms with Gasteiger partial charge in [0.1, 0.15) is 30.0 Å². The maximum Gasteiger partial charge on any atom is 0.130 e. The highest BCUT2D eigenvalue weighted by atomic mass is 35.5. The number of rotatable bonds is 6. The third kappa shape index (κ3) is 4.61. The first-order chi connectivity index (χ1) is 13.6. The van der Waals surface area contributed by atoms with Crippen LogP contribution in [-0.4, -0.2) is 55.4 Å². The normalized spacial score (nSPS) is 17.9. The van der Waals surface area contributed by atoms with Gasteiger partial charge in [-0.25, -0.2) is 0 Å². The van der Waals surface area contributed by atoms with Gasteiger partial charge in [0.15, 0.2) is 0 Å². The van der Waals surface area contributed by atoms with E-state index >= 15 is 0 Å². The van der Waals surface area contributed by atoms with E-state index in [2.05, 4.69) is 28.5 Å². The number of hydrogen-bond acceptors (Lipinski definition) is 5. The minimum atomic E-state index is -0.526. The van der Waals surface area contributed by atoms with Crippen LogP contribution in [0.3, 0.4) is 0 Å². The van der Waals surface area contributed by atoms with Gasteiger partial charge in [0, 0.05) is 55.4 Å². The van der Waals surface area contributed by atoms with Crippen LogP contribution < -0.4 is 14.4 Å². The number of benzene rings is 2. The number of fused-ring (bicyclic) bond motifs is 1. The Hall–Kier alpha value is -2.21. The van der Waals surface area contributed by atoms with Crippen molar-refractivity contribution in [3.05, 3.63) is 65.4 Å². The Labute approximate surface area is 170 Å². The molecule has 0 aromatic heterocycles. The summed E-state index contributed by atoms with van der Waals surface area (Å²) in [5.74, 6) is 2.35. The van der Waals surface area contributed by atoms with Gasteiger partial charge in [-0.05, 0) is 42.5 Å². The van der Waals surface area contributed by atoms with E-state index in [4.69, 9.17) is 21.1 Å². The molecule has 5 nitrogen and oxygen atoms in total. The fourth-order valence-electron chi connectivity index (χ4n) is 3.67. The average Bonchev–Trinajstić information content (AvgIpc) is 3.07. The summed E-state index contributed by atoms with van der Waals surface area (Å²) in [4.78, 5) is 4.62. The predicted molar refractivity (Wildman–Crippen MR) is 112 cm³/mol. The van der Waals surface area contributed by atoms with Crippen molar-refractivity contribution < 1.29 is 14.6 Å². The molecular weight excluding hydrogens is 376 g/mol. The number of anilines is 1. The second-order valence-corrected chi connectivity index (χ2v) is 7.75. The molecule has 2 aliphatic heterocycles. The monoisotopic (exact) mass is 400 g/mol. The second kappa shape index (κ2) is 8.43. The molecule has 1 N–H and O–H groups in total. The lowest BCUT2D eigenvalue weighted by Crippen LogP contribution is -2.49. The van der Waals surface area contributed by atoms with Gasteiger partial charge in [0.25, 0.3) is 0 Å². The first kappa shape index (κ1) is 19.1. The van der Waals surface area contributed by atoms with Gasteiger partial charge in [0.2, 0.25) is 0 Å². The molecular formula is C22H25ClN2O3. The molecule has 0 radical (unpaired) electrons. The zero-order valence-corrected chi connectivity index (χ0v) is 16.6. The van der Waals surface area contributed by atoms with Gasteiger partial charge in [-0.1, -0.05) is 18.2 Å². The van der Waals surface area contributed by atoms with Crippen LogP contribution in [0.25, 0.3) is 0 Å². The number of piperazine rings is 1. The van der Waals surface area contributed by atoms with Crippen molar-refractivity contribution in [2.24, 2.45) is 0 Å². The van der Waals surface area contributed by atoms with E-state index in [0.29, 0.717) is 13.0 Å². The summed E-state index contributed by atoms with van der Waals surface area (Å²) in [6, 6.07) is 13.7. The van der Waals surface area contributed by atoms with Crippen LogP contribution in [0.4, 0.5) is 5.69 Å². The molecule has 1 atom stereocenters. The quantitative estimate of drug-likeness (QED) is 0.805. The van der Waals surface area contributed by atoms with Gasteiger partial charge < -0.3 is 19.5 Å². The van der Waals surface area contributed by atoms with Crippen LogP contribution in [0.1, 0.15) is 5.56 Å². The SMILES string of the molecule is C=C1Cc2cc(OC[C@@H](O)CN3CCN(c4ccc(Cl)cc4)CC3)ccc2O1. The number of halogens is 1. The molecule has 0 amide bonds. The standard InChI is InChI=1S/C22H25ClN2O3/c1-16-12-17-13-21(6-7-22(17)28-16)27-15-20(26)14-24-8-10-25(11-9-24)19-4-2-18(23)3-5-19/h2-7,13,20,26H,1,8-12,14-15H2/t20-/m0/s1. The highest BCUT2D eigenvalue weighted by molar-refractivity contribution is 6.30. The van der Waals surface area contributed by atoms with Crippen LogP contribution in [-0.2, 0) is 6.42 Å². The zero-order valence-electron chi connectivity index (χ0n) is 15.8. The number of β-amino-alcohol motifs (C(OH)–C–C–N with tert-alkyl or cyclic N) is 1. The Bertz CT molecular complexity index is 832. The summed E-state index contributed by atoms with van der Waals surface area (Å²) in [7, 11) is 0. The van der Waals surface area contributed by atoms with E-state index in [9.17, 15) is 5.11 Å². The minimum Gasteiger partial charge on any atom is -0.491 e. The van der Waals surface area contributed by atoms with Crippen molar-refractivity contribution in [2.75, 3.05) is 44.2 Å². The van der Waals surface area contributed by atoms with Crippen LogP contribution in [0.15, 0.2) is 54.8 Å². The molecule has 1 saturated heterocycles. The molecule has 148 valence electrons. The Morgan fingerprint density at radius 1 is 1.11 bits per heavy atom. The van der Waals surface area contributed by atoms with Gasteiger partial charge in [-0.2, -0.15) is 0 Å². The molecule has 1 fully saturated rings. The Morgan fingerprint density at radius 2 is 1.86 bits per heavy atom. The topological polar surface area (TPSA) is 45.2 Å². The van der Waals surface area contributed by atoms with Crippen LogP contribution in [0.5, 0.6) is 11.5 Å². The van der Waals surface area contributed by atoms with E-state index in [1.165, 1.54) is 5.69 Å². The van der Waals surface area contributed by atoms with Crippen molar-refractivity contribution in [1.29, 1.82) is 0 Å². The lowest BCUT2D eigenvalue weighted by Gasteiger charge is -2.36. The smallest absolute Gasteiger partial charge is 0.130 e. The number of aliphatic hydroxyl groups excluding tert-OH is 1. The Kier molecular flexibility index (Phi) is 5.76. The summed E-state index contributed by atoms with van der Waals surface area (Å²) in [6.07, 6.45) is 0.189. The molecule has 0 saturated carbocycles. The third-order valence-corrected chi connectivity index (χ3v) is 5.40. The molecule has 0 aliphatic carbocycles. The highest BCUT2D eigenvalue weighted by Crippen LogP contribution is 2.33. The molecule has 0 spiro atoms. The number of hydrogen-bond donors (Lipinski definition) is 1. The minimum absolute atomic E-state index is 0.276. The molecule has 0 bridgehead atoms. The van der Waals surface area contributed by atoms with Crippen LogP contribution in [0.2, 0.25) is 5.02 Å². The van der Waals surface area contributed by atoms with E-state index in [-0.39, 0.29) is 6.61 Å². The third-order valence-electron chi connectivity index (χ3n) is 5.15. The summed E-state index contributed by atoms with van der Waals surface area (Å²) in [6.45, 7) is 8.43. The summed E-state index contributed by atoms with van der Waals surface area (Å²) < 4.78 is 11.3. The molecule has 2 aliphatic rings. The highest BCUT2D eigenvalue weighted by Gasteiger charge is 2.20. The summed E-state index contributed by atoms with van der Waals surface area (Å²) in [5, 5.41) is 11.1. The Morgan fingerprint density at radius 3 is 2.61 bits per heavy atom. The lowest BCUT2D eigenvalue weighted by molar-refractivity contribution is 0.0663. The Balaban J connectivity index is 1.22. The molecule has 6 heteroatoms. The number of ether oxygens (including phenoxy) is 2. The maximum absolute atomic E-state index is 10.4. The molecule has 2 heterocycles. The summed E-state index contributed by atoms with van der Waals surface area (Å²) >= 11 is 5.96. The second-order valence-electron chi connectivity index (χ2n) is 7.32. The number of aliphatic hydroxyl groups is 1. The van der Waals surface area contributed by atoms with E-state index in [1.807, 2.05) is 30.3 Å². The van der Waals surface area contributed by atoms with E-state index in [1.54, 1.807) is 0 Å². The van der Waals surface area contributed by atoms with Crippen molar-refractivity contribution in [1.82, 2.24) is 4.90 Å². The molecule has 2 aromatic carbocycles. The molecule has 0 unspecified atom stereocenters. The van der Waals surface area contributed by atoms with Crippen molar-refractivity contribution in [3.8, 4) is 11.5 Å². The lowest BCUT2D eigenvalue weighted by atomic mass is 10.1. The average molecular weight is 401 g/mol. The summed E-state index contributed by atoms with van der Waals surface area (Å²) in [5.41, 5.74) is 2.27. The molecule has 2 aromatic rings. The van der Waals surface area contributed by atoms with Crippen LogP contribution >= 0.6 is 11.6 Å². The van der Waals surface area contributed by atoms with Crippen LogP contribution in [0, 0.1) is 0 Å². The van der Waals surface area contributed by atoms with Crippen molar-refractivity contribution >= 4 is 17.3 Å². The van der Waals surface area contributed by atoms with Gasteiger partial charge >= 0.3 is 0 Å². The first-order valence-electron chi connectivity index (χ1n) is 9.59. The van der Waals surface area contributed by atoms with E-state index in [0.717, 1.165) is 54.0 Å². The number of nitrogens with zero attached hydrogens (tertiary/aromatic N) is 2. The molecule has 4 rings (SSSR count). The zero-order chi connectivity index (χ0) is 19.5. The predicted octanol–water partition coefficient (Wildman–Crippen LogP) is 3.35. The van der Waals surface area contributed by atoms with Gasteiger partial charge in [-0.15, -0.1) is 0 Å². The largest absolute Gasteiger partial charge is 0.491 e. The maximum atomic E-state index is 10.4. The van der Waals surface area contributed by atoms with Crippen molar-refractivity contribution in [3.63, 3.8) is 0 Å². The molecule has 28 heavy (non-hydrogen) atoms. The fourth-order valence-corrected chi connectivity index (χ4v) is 3.80. The first-order valence-corrected chi connectivity index (χ1v) is 9.97.